The van der Waals surface area contributed by atoms with Gasteiger partial charge in [0.1, 0.15) is 6.54 Å². The van der Waals surface area contributed by atoms with Crippen LogP contribution in [0.4, 0.5) is 0 Å². The Kier molecular flexibility index (Phi) is 10.0. The van der Waals surface area contributed by atoms with Gasteiger partial charge in [-0.15, -0.1) is 24.0 Å². The van der Waals surface area contributed by atoms with Gasteiger partial charge in [0.05, 0.1) is 6.61 Å². The fourth-order valence-electron chi connectivity index (χ4n) is 2.73. The van der Waals surface area contributed by atoms with Crippen molar-refractivity contribution in [2.75, 3.05) is 60.7 Å². The molecule has 1 heterocycles. The molecule has 0 aromatic carbocycles. The van der Waals surface area contributed by atoms with E-state index in [-0.39, 0.29) is 36.4 Å². The Hall–Kier alpha value is -0.610. The van der Waals surface area contributed by atoms with Gasteiger partial charge in [-0.25, -0.2) is 4.99 Å². The van der Waals surface area contributed by atoms with Gasteiger partial charge in [0, 0.05) is 53.4 Å². The second-order valence-electron chi connectivity index (χ2n) is 7.16. The number of methoxy groups -OCH3 is 1. The number of aliphatic imine (C=N–C) groups is 1. The molecule has 1 atom stereocenters. The van der Waals surface area contributed by atoms with E-state index in [1.807, 2.05) is 0 Å². The minimum atomic E-state index is 0. The Bertz CT molecular complexity index is 436. The Morgan fingerprint density at radius 1 is 1.36 bits per heavy atom. The molecule has 2 aliphatic rings. The maximum absolute atomic E-state index is 11.8. The quantitative estimate of drug-likeness (QED) is 0.301. The van der Waals surface area contributed by atoms with Gasteiger partial charge in [-0.05, 0) is 31.1 Å². The lowest BCUT2D eigenvalue weighted by Crippen LogP contribution is -2.43. The van der Waals surface area contributed by atoms with Gasteiger partial charge in [-0.2, -0.15) is 0 Å². The third-order valence-electron chi connectivity index (χ3n) is 4.88. The molecular formula is C17H33IN4O3. The SMILES string of the molecule is COCCC1(CNC(=NCC(=O)N(C)C)NCC2CCOC2)CC1.I. The van der Waals surface area contributed by atoms with Crippen LogP contribution >= 0.6 is 24.0 Å². The van der Waals surface area contributed by atoms with Crippen molar-refractivity contribution >= 4 is 35.8 Å². The smallest absolute Gasteiger partial charge is 0.243 e. The second-order valence-corrected chi connectivity index (χ2v) is 7.16. The molecule has 146 valence electrons. The fourth-order valence-corrected chi connectivity index (χ4v) is 2.73. The van der Waals surface area contributed by atoms with Crippen molar-refractivity contribution in [1.29, 1.82) is 0 Å². The maximum Gasteiger partial charge on any atom is 0.243 e. The lowest BCUT2D eigenvalue weighted by Gasteiger charge is -2.20. The average Bonchev–Trinajstić information content (AvgIpc) is 3.14. The fraction of sp³-hybridized carbons (Fsp3) is 0.882. The normalized spacial score (nSPS) is 21.4. The number of carbonyl (C=O) groups is 1. The third-order valence-corrected chi connectivity index (χ3v) is 4.88. The van der Waals surface area contributed by atoms with Crippen molar-refractivity contribution in [3.63, 3.8) is 0 Å². The standard InChI is InChI=1S/C17H32N4O3.HI/c1-21(2)15(22)11-19-16(18-10-14-4-8-24-12-14)20-13-17(5-6-17)7-9-23-3;/h14H,4-13H2,1-3H3,(H2,18,19,20);1H. The summed E-state index contributed by atoms with van der Waals surface area (Å²) in [5, 5.41) is 6.79. The third kappa shape index (κ3) is 8.08. The van der Waals surface area contributed by atoms with Crippen LogP contribution in [0.5, 0.6) is 0 Å². The predicted molar refractivity (Wildman–Crippen MR) is 110 cm³/mol. The molecule has 2 rings (SSSR count). The van der Waals surface area contributed by atoms with Gasteiger partial charge in [0.15, 0.2) is 5.96 Å². The molecule has 0 aromatic rings. The van der Waals surface area contributed by atoms with Gasteiger partial charge in [-0.3, -0.25) is 4.79 Å². The topological polar surface area (TPSA) is 75.2 Å². The van der Waals surface area contributed by atoms with Crippen molar-refractivity contribution < 1.29 is 14.3 Å². The molecule has 1 unspecified atom stereocenters. The van der Waals surface area contributed by atoms with E-state index in [0.717, 1.165) is 51.7 Å². The molecule has 1 saturated carbocycles. The summed E-state index contributed by atoms with van der Waals surface area (Å²) in [5.41, 5.74) is 0.334. The van der Waals surface area contributed by atoms with Crippen molar-refractivity contribution in [3.8, 4) is 0 Å². The number of carbonyl (C=O) groups excluding carboxylic acids is 1. The summed E-state index contributed by atoms with van der Waals surface area (Å²) < 4.78 is 10.6. The number of ether oxygens (including phenoxy) is 2. The highest BCUT2D eigenvalue weighted by atomic mass is 127. The Morgan fingerprint density at radius 3 is 2.68 bits per heavy atom. The largest absolute Gasteiger partial charge is 0.385 e. The van der Waals surface area contributed by atoms with E-state index in [0.29, 0.717) is 11.3 Å². The number of hydrogen-bond donors (Lipinski definition) is 2. The lowest BCUT2D eigenvalue weighted by atomic mass is 10.0. The van der Waals surface area contributed by atoms with Gasteiger partial charge >= 0.3 is 0 Å². The zero-order valence-electron chi connectivity index (χ0n) is 15.7. The summed E-state index contributed by atoms with van der Waals surface area (Å²) in [6, 6.07) is 0. The van der Waals surface area contributed by atoms with Crippen molar-refractivity contribution in [3.05, 3.63) is 0 Å². The van der Waals surface area contributed by atoms with Crippen LogP contribution in [0.15, 0.2) is 4.99 Å². The van der Waals surface area contributed by atoms with Crippen LogP contribution in [0.2, 0.25) is 0 Å². The van der Waals surface area contributed by atoms with E-state index in [2.05, 4.69) is 15.6 Å². The highest BCUT2D eigenvalue weighted by molar-refractivity contribution is 14.0. The summed E-state index contributed by atoms with van der Waals surface area (Å²) >= 11 is 0. The molecule has 0 bridgehead atoms. The Labute approximate surface area is 168 Å². The molecule has 0 spiro atoms. The lowest BCUT2D eigenvalue weighted by molar-refractivity contribution is -0.127. The van der Waals surface area contributed by atoms with Gasteiger partial charge in [-0.1, -0.05) is 0 Å². The summed E-state index contributed by atoms with van der Waals surface area (Å²) in [4.78, 5) is 17.8. The zero-order valence-corrected chi connectivity index (χ0v) is 18.0. The molecule has 0 aromatic heterocycles. The van der Waals surface area contributed by atoms with Crippen LogP contribution in [0.1, 0.15) is 25.7 Å². The number of nitrogens with zero attached hydrogens (tertiary/aromatic N) is 2. The van der Waals surface area contributed by atoms with Crippen molar-refractivity contribution in [2.45, 2.75) is 25.7 Å². The number of halogens is 1. The average molecular weight is 468 g/mol. The highest BCUT2D eigenvalue weighted by Crippen LogP contribution is 2.48. The van der Waals surface area contributed by atoms with E-state index in [4.69, 9.17) is 9.47 Å². The molecule has 1 aliphatic carbocycles. The molecule has 1 saturated heterocycles. The van der Waals surface area contributed by atoms with Gasteiger partial charge < -0.3 is 25.0 Å². The first-order chi connectivity index (χ1) is 11.5. The predicted octanol–water partition coefficient (Wildman–Crippen LogP) is 1.08. The molecule has 1 amide bonds. The van der Waals surface area contributed by atoms with Crippen molar-refractivity contribution in [2.24, 2.45) is 16.3 Å². The van der Waals surface area contributed by atoms with E-state index in [1.165, 1.54) is 12.8 Å². The molecule has 2 N–H and O–H groups in total. The Morgan fingerprint density at radius 2 is 2.12 bits per heavy atom. The van der Waals surface area contributed by atoms with Crippen molar-refractivity contribution in [1.82, 2.24) is 15.5 Å². The molecular weight excluding hydrogens is 435 g/mol. The summed E-state index contributed by atoms with van der Waals surface area (Å²) in [6.45, 7) is 4.29. The number of nitrogens with one attached hydrogen (secondary N) is 2. The van der Waals surface area contributed by atoms with Crippen LogP contribution < -0.4 is 10.6 Å². The molecule has 0 radical (unpaired) electrons. The number of rotatable bonds is 9. The first kappa shape index (κ1) is 22.4. The summed E-state index contributed by atoms with van der Waals surface area (Å²) in [7, 11) is 5.24. The number of amides is 1. The summed E-state index contributed by atoms with van der Waals surface area (Å²) in [6.07, 6.45) is 4.60. The van der Waals surface area contributed by atoms with Gasteiger partial charge in [0.25, 0.3) is 0 Å². The Balaban J connectivity index is 0.00000312. The second kappa shape index (κ2) is 11.2. The van der Waals surface area contributed by atoms with Crippen LogP contribution in [-0.4, -0.2) is 77.4 Å². The van der Waals surface area contributed by atoms with Crippen LogP contribution in [0.25, 0.3) is 0 Å². The number of hydrogen-bond acceptors (Lipinski definition) is 4. The molecule has 1 aliphatic heterocycles. The number of guanidine groups is 1. The van der Waals surface area contributed by atoms with E-state index in [1.54, 1.807) is 26.1 Å². The zero-order chi connectivity index (χ0) is 17.4. The molecule has 7 nitrogen and oxygen atoms in total. The van der Waals surface area contributed by atoms with Crippen LogP contribution in [0.3, 0.4) is 0 Å². The van der Waals surface area contributed by atoms with E-state index < -0.39 is 0 Å². The van der Waals surface area contributed by atoms with Crippen LogP contribution in [0, 0.1) is 11.3 Å². The minimum absolute atomic E-state index is 0. The molecule has 2 fully saturated rings. The first-order valence-electron chi connectivity index (χ1n) is 8.84. The van der Waals surface area contributed by atoms with E-state index >= 15 is 0 Å². The monoisotopic (exact) mass is 468 g/mol. The molecule has 25 heavy (non-hydrogen) atoms. The minimum Gasteiger partial charge on any atom is -0.385 e. The maximum atomic E-state index is 11.8. The number of likely N-dealkylation sites (N-methyl/N-ethyl adjacent to an activating group) is 1. The van der Waals surface area contributed by atoms with Crippen LogP contribution in [-0.2, 0) is 14.3 Å². The highest BCUT2D eigenvalue weighted by Gasteiger charge is 2.41. The summed E-state index contributed by atoms with van der Waals surface area (Å²) in [5.74, 6) is 1.24. The first-order valence-corrected chi connectivity index (χ1v) is 8.84. The molecule has 8 heteroatoms. The van der Waals surface area contributed by atoms with E-state index in [9.17, 15) is 4.79 Å². The van der Waals surface area contributed by atoms with Gasteiger partial charge in [0.2, 0.25) is 5.91 Å².